The van der Waals surface area contributed by atoms with Crippen LogP contribution in [-0.2, 0) is 0 Å². The molecular weight excluding hydrogens is 229 g/mol. The Morgan fingerprint density at radius 3 is 2.29 bits per heavy atom. The van der Waals surface area contributed by atoms with Crippen LogP contribution in [0.25, 0.3) is 5.69 Å². The quantitative estimate of drug-likeness (QED) is 0.530. The van der Waals surface area contributed by atoms with Crippen molar-refractivity contribution in [2.45, 2.75) is 0 Å². The third kappa shape index (κ3) is 3.06. The van der Waals surface area contributed by atoms with Gasteiger partial charge in [0.1, 0.15) is 0 Å². The molecule has 5 heteroatoms. The van der Waals surface area contributed by atoms with Crippen molar-refractivity contribution in [3.63, 3.8) is 0 Å². The zero-order valence-corrected chi connectivity index (χ0v) is 11.3. The maximum absolute atomic E-state index is 11.5. The van der Waals surface area contributed by atoms with Gasteiger partial charge in [0.25, 0.3) is 5.56 Å². The van der Waals surface area contributed by atoms with Crippen LogP contribution in [0.1, 0.15) is 10.4 Å². The number of carboxylic acid groups (broad SMARTS) is 1. The number of carboxylic acids is 1. The number of rotatable bonds is 2. The second-order valence-electron chi connectivity index (χ2n) is 3.25. The molecule has 2 rings (SSSR count). The van der Waals surface area contributed by atoms with Gasteiger partial charge in [-0.15, -0.1) is 0 Å². The van der Waals surface area contributed by atoms with Gasteiger partial charge in [-0.05, 0) is 18.2 Å². The van der Waals surface area contributed by atoms with Crippen molar-refractivity contribution in [1.82, 2.24) is 4.57 Å². The summed E-state index contributed by atoms with van der Waals surface area (Å²) in [6, 6.07) is 11.2. The molecule has 0 saturated carbocycles. The first-order valence-corrected chi connectivity index (χ1v) is 4.68. The maximum Gasteiger partial charge on any atom is 1.00 e. The molecule has 80 valence electrons. The second kappa shape index (κ2) is 5.82. The first-order chi connectivity index (χ1) is 7.68. The summed E-state index contributed by atoms with van der Waals surface area (Å²) in [5.41, 5.74) is 0.315. The van der Waals surface area contributed by atoms with Crippen LogP contribution in [0.2, 0.25) is 0 Å². The minimum Gasteiger partial charge on any atom is -0.545 e. The molecule has 2 aromatic rings. The Kier molecular flexibility index (Phi) is 4.69. The first kappa shape index (κ1) is 13.7. The Hall–Kier alpha value is -1.36. The van der Waals surface area contributed by atoms with E-state index in [1.54, 1.807) is 24.3 Å². The fraction of sp³-hybridized carbons (Fsp3) is 0. The Bertz CT molecular complexity index is 578. The first-order valence-electron chi connectivity index (χ1n) is 4.68. The summed E-state index contributed by atoms with van der Waals surface area (Å²) in [6.45, 7) is 0. The molecule has 0 amide bonds. The van der Waals surface area contributed by atoms with Crippen LogP contribution in [0.15, 0.2) is 53.5 Å². The summed E-state index contributed by atoms with van der Waals surface area (Å²) in [6.07, 6.45) is 1.26. The summed E-state index contributed by atoms with van der Waals surface area (Å²) in [5.74, 6) is -1.30. The fourth-order valence-electron chi connectivity index (χ4n) is 1.40. The van der Waals surface area contributed by atoms with E-state index in [1.165, 1.54) is 22.9 Å². The van der Waals surface area contributed by atoms with E-state index in [4.69, 9.17) is 0 Å². The summed E-state index contributed by atoms with van der Waals surface area (Å²) in [5, 5.41) is 10.7. The van der Waals surface area contributed by atoms with Gasteiger partial charge < -0.3 is 9.90 Å². The summed E-state index contributed by atoms with van der Waals surface area (Å²) in [4.78, 5) is 22.2. The third-order valence-electron chi connectivity index (χ3n) is 2.18. The maximum atomic E-state index is 11.5. The zero-order chi connectivity index (χ0) is 11.5. The van der Waals surface area contributed by atoms with Gasteiger partial charge in [-0.3, -0.25) is 9.36 Å². The number of benzene rings is 1. The Balaban J connectivity index is 0.00000144. The van der Waals surface area contributed by atoms with E-state index in [9.17, 15) is 14.7 Å². The van der Waals surface area contributed by atoms with Gasteiger partial charge in [-0.2, -0.15) is 0 Å². The SMILES string of the molecule is O=C([O-])c1ccc(=O)n(-c2ccccc2)c1.[Na+]. The van der Waals surface area contributed by atoms with E-state index in [1.807, 2.05) is 6.07 Å². The zero-order valence-electron chi connectivity index (χ0n) is 9.29. The molecule has 0 atom stereocenters. The molecule has 1 heterocycles. The Morgan fingerprint density at radius 2 is 1.71 bits per heavy atom. The van der Waals surface area contributed by atoms with Gasteiger partial charge in [0, 0.05) is 23.5 Å². The number of aromatic nitrogens is 1. The molecular formula is C12H8NNaO3. The molecule has 0 aliphatic heterocycles. The second-order valence-corrected chi connectivity index (χ2v) is 3.25. The topological polar surface area (TPSA) is 62.1 Å². The van der Waals surface area contributed by atoms with Crippen LogP contribution in [0.3, 0.4) is 0 Å². The standard InChI is InChI=1S/C12H9NO3.Na/c14-11-7-6-9(12(15)16)8-13(11)10-4-2-1-3-5-10;/h1-8H,(H,15,16);/q;+1/p-1. The van der Waals surface area contributed by atoms with Gasteiger partial charge in [-0.25, -0.2) is 0 Å². The number of nitrogens with zero attached hydrogens (tertiary/aromatic N) is 1. The molecule has 0 N–H and O–H groups in total. The average molecular weight is 237 g/mol. The van der Waals surface area contributed by atoms with Crippen LogP contribution in [0, 0.1) is 0 Å². The number of carbonyl (C=O) groups excluding carboxylic acids is 1. The van der Waals surface area contributed by atoms with Crippen LogP contribution >= 0.6 is 0 Å². The molecule has 17 heavy (non-hydrogen) atoms. The van der Waals surface area contributed by atoms with Crippen LogP contribution in [0.4, 0.5) is 0 Å². The monoisotopic (exact) mass is 237 g/mol. The van der Waals surface area contributed by atoms with Crippen molar-refractivity contribution < 1.29 is 39.5 Å². The van der Waals surface area contributed by atoms with Crippen molar-refractivity contribution in [3.8, 4) is 5.69 Å². The van der Waals surface area contributed by atoms with E-state index in [-0.39, 0.29) is 40.7 Å². The van der Waals surface area contributed by atoms with E-state index in [0.717, 1.165) is 0 Å². The summed E-state index contributed by atoms with van der Waals surface area (Å²) < 4.78 is 1.27. The smallest absolute Gasteiger partial charge is 0.545 e. The molecule has 0 radical (unpaired) electrons. The number of pyridine rings is 1. The van der Waals surface area contributed by atoms with E-state index < -0.39 is 5.97 Å². The number of hydrogen-bond acceptors (Lipinski definition) is 3. The van der Waals surface area contributed by atoms with Crippen molar-refractivity contribution in [3.05, 3.63) is 64.6 Å². The van der Waals surface area contributed by atoms with Gasteiger partial charge >= 0.3 is 29.6 Å². The van der Waals surface area contributed by atoms with Gasteiger partial charge in [0.05, 0.1) is 5.97 Å². The number of carbonyl (C=O) groups is 1. The average Bonchev–Trinajstić information content (AvgIpc) is 2.30. The molecule has 0 aliphatic carbocycles. The molecule has 0 unspecified atom stereocenters. The predicted octanol–water partition coefficient (Wildman–Crippen LogP) is -2.79. The van der Waals surface area contributed by atoms with Crippen molar-refractivity contribution in [1.29, 1.82) is 0 Å². The molecule has 1 aromatic heterocycles. The number of aromatic carboxylic acids is 1. The van der Waals surface area contributed by atoms with E-state index >= 15 is 0 Å². The van der Waals surface area contributed by atoms with Gasteiger partial charge in [0.2, 0.25) is 0 Å². The van der Waals surface area contributed by atoms with Crippen LogP contribution in [0.5, 0.6) is 0 Å². The number of hydrogen-bond donors (Lipinski definition) is 0. The molecule has 0 spiro atoms. The van der Waals surface area contributed by atoms with Crippen LogP contribution in [-0.4, -0.2) is 10.5 Å². The van der Waals surface area contributed by atoms with E-state index in [0.29, 0.717) is 5.69 Å². The largest absolute Gasteiger partial charge is 1.00 e. The molecule has 4 nitrogen and oxygen atoms in total. The molecule has 1 aromatic carbocycles. The Labute approximate surface area is 120 Å². The van der Waals surface area contributed by atoms with Gasteiger partial charge in [-0.1, -0.05) is 18.2 Å². The fourth-order valence-corrected chi connectivity index (χ4v) is 1.40. The molecule has 0 saturated heterocycles. The van der Waals surface area contributed by atoms with Crippen molar-refractivity contribution in [2.24, 2.45) is 0 Å². The van der Waals surface area contributed by atoms with Gasteiger partial charge in [0.15, 0.2) is 0 Å². The molecule has 0 bridgehead atoms. The predicted molar refractivity (Wildman–Crippen MR) is 56.4 cm³/mol. The molecule has 0 aliphatic rings. The Morgan fingerprint density at radius 1 is 1.06 bits per heavy atom. The molecule has 0 fully saturated rings. The summed E-state index contributed by atoms with van der Waals surface area (Å²) >= 11 is 0. The minimum absolute atomic E-state index is 0. The van der Waals surface area contributed by atoms with Crippen molar-refractivity contribution >= 4 is 5.97 Å². The minimum atomic E-state index is -1.30. The third-order valence-corrected chi connectivity index (χ3v) is 2.18. The van der Waals surface area contributed by atoms with Crippen LogP contribution < -0.4 is 40.2 Å². The van der Waals surface area contributed by atoms with Crippen molar-refractivity contribution in [2.75, 3.05) is 0 Å². The van der Waals surface area contributed by atoms with E-state index in [2.05, 4.69) is 0 Å². The number of para-hydroxylation sites is 1. The summed E-state index contributed by atoms with van der Waals surface area (Å²) in [7, 11) is 0. The normalized spacial score (nSPS) is 9.41.